The molecular weight excluding hydrogens is 192 g/mol. The van der Waals surface area contributed by atoms with Gasteiger partial charge < -0.3 is 8.85 Å². The van der Waals surface area contributed by atoms with Crippen LogP contribution in [0.2, 0.25) is 12.6 Å². The van der Waals surface area contributed by atoms with Gasteiger partial charge in [-0.05, 0) is 12.6 Å². The lowest BCUT2D eigenvalue weighted by Gasteiger charge is -2.22. The van der Waals surface area contributed by atoms with Crippen molar-refractivity contribution in [1.82, 2.24) is 0 Å². The third kappa shape index (κ3) is 6.57. The van der Waals surface area contributed by atoms with E-state index in [0.29, 0.717) is 0 Å². The molecule has 0 aliphatic heterocycles. The first-order valence-corrected chi connectivity index (χ1v) is 8.31. The minimum atomic E-state index is -1.77. The van der Waals surface area contributed by atoms with Gasteiger partial charge in [-0.2, -0.15) is 0 Å². The van der Waals surface area contributed by atoms with Crippen LogP contribution in [0, 0.1) is 0 Å². The number of unbranched alkanes of at least 4 members (excludes halogenated alkanes) is 5. The molecule has 0 saturated heterocycles. The second kappa shape index (κ2) is 8.45. The quantitative estimate of drug-likeness (QED) is 0.434. The Bertz CT molecular complexity index is 124. The number of rotatable bonds is 9. The molecule has 0 rings (SSSR count). The Balaban J connectivity index is 3.34. The van der Waals surface area contributed by atoms with Gasteiger partial charge in [-0.15, -0.1) is 0 Å². The molecular formula is C11H26O2Si. The van der Waals surface area contributed by atoms with E-state index in [0.717, 1.165) is 6.04 Å². The fourth-order valence-corrected chi connectivity index (χ4v) is 2.98. The molecule has 0 aliphatic rings. The minimum Gasteiger partial charge on any atom is -0.398 e. The van der Waals surface area contributed by atoms with Gasteiger partial charge in [0.25, 0.3) is 0 Å². The van der Waals surface area contributed by atoms with Gasteiger partial charge in [-0.1, -0.05) is 45.4 Å². The van der Waals surface area contributed by atoms with Crippen LogP contribution in [0.4, 0.5) is 0 Å². The van der Waals surface area contributed by atoms with Crippen molar-refractivity contribution in [3.05, 3.63) is 0 Å². The van der Waals surface area contributed by atoms with Crippen molar-refractivity contribution < 1.29 is 8.85 Å². The zero-order valence-electron chi connectivity index (χ0n) is 10.3. The van der Waals surface area contributed by atoms with Gasteiger partial charge >= 0.3 is 8.56 Å². The highest BCUT2D eigenvalue weighted by Crippen LogP contribution is 2.17. The lowest BCUT2D eigenvalue weighted by Crippen LogP contribution is -2.35. The predicted molar refractivity (Wildman–Crippen MR) is 63.8 cm³/mol. The monoisotopic (exact) mass is 218 g/mol. The Morgan fingerprint density at radius 3 is 1.86 bits per heavy atom. The molecule has 0 fully saturated rings. The number of hydrogen-bond acceptors (Lipinski definition) is 2. The van der Waals surface area contributed by atoms with E-state index in [1.54, 1.807) is 14.2 Å². The second-order valence-corrected chi connectivity index (χ2v) is 7.64. The molecule has 0 N–H and O–H groups in total. The molecule has 0 saturated carbocycles. The SMILES string of the molecule is CCCCCCCC[Si](C)(OC)OC. The minimum absolute atomic E-state index is 1.13. The van der Waals surface area contributed by atoms with Gasteiger partial charge in [0.2, 0.25) is 0 Å². The standard InChI is InChI=1S/C11H26O2Si/c1-5-6-7-8-9-10-11-14(4,12-2)13-3/h5-11H2,1-4H3. The molecule has 0 heterocycles. The van der Waals surface area contributed by atoms with Crippen molar-refractivity contribution in [1.29, 1.82) is 0 Å². The Morgan fingerprint density at radius 2 is 1.36 bits per heavy atom. The van der Waals surface area contributed by atoms with Crippen molar-refractivity contribution in [2.45, 2.75) is 58.0 Å². The van der Waals surface area contributed by atoms with Crippen LogP contribution in [0.15, 0.2) is 0 Å². The highest BCUT2D eigenvalue weighted by molar-refractivity contribution is 6.65. The summed E-state index contributed by atoms with van der Waals surface area (Å²) in [6, 6.07) is 1.13. The van der Waals surface area contributed by atoms with Crippen LogP contribution < -0.4 is 0 Å². The van der Waals surface area contributed by atoms with Crippen molar-refractivity contribution in [2.75, 3.05) is 14.2 Å². The van der Waals surface area contributed by atoms with E-state index < -0.39 is 8.56 Å². The normalized spacial score (nSPS) is 12.0. The maximum Gasteiger partial charge on any atom is 0.334 e. The summed E-state index contributed by atoms with van der Waals surface area (Å²) in [5, 5.41) is 0. The van der Waals surface area contributed by atoms with Crippen LogP contribution >= 0.6 is 0 Å². The lowest BCUT2D eigenvalue weighted by molar-refractivity contribution is 0.248. The zero-order chi connectivity index (χ0) is 10.9. The molecule has 0 aliphatic carbocycles. The molecule has 2 nitrogen and oxygen atoms in total. The molecule has 3 heteroatoms. The average molecular weight is 218 g/mol. The predicted octanol–water partition coefficient (Wildman–Crippen LogP) is 3.71. The third-order valence-electron chi connectivity index (χ3n) is 2.85. The van der Waals surface area contributed by atoms with Gasteiger partial charge in [0, 0.05) is 14.2 Å². The fourth-order valence-electron chi connectivity index (χ4n) is 1.51. The van der Waals surface area contributed by atoms with Gasteiger partial charge in [0.1, 0.15) is 0 Å². The Morgan fingerprint density at radius 1 is 0.857 bits per heavy atom. The maximum absolute atomic E-state index is 5.43. The van der Waals surface area contributed by atoms with E-state index in [-0.39, 0.29) is 0 Å². The largest absolute Gasteiger partial charge is 0.398 e. The van der Waals surface area contributed by atoms with E-state index in [9.17, 15) is 0 Å². The summed E-state index contributed by atoms with van der Waals surface area (Å²) in [5.41, 5.74) is 0. The van der Waals surface area contributed by atoms with Gasteiger partial charge in [-0.3, -0.25) is 0 Å². The van der Waals surface area contributed by atoms with Crippen LogP contribution in [0.3, 0.4) is 0 Å². The number of hydrogen-bond donors (Lipinski definition) is 0. The Hall–Kier alpha value is 0.137. The smallest absolute Gasteiger partial charge is 0.334 e. The zero-order valence-corrected chi connectivity index (χ0v) is 11.3. The first kappa shape index (κ1) is 14.1. The van der Waals surface area contributed by atoms with Gasteiger partial charge in [0.15, 0.2) is 0 Å². The highest BCUT2D eigenvalue weighted by atomic mass is 28.4. The van der Waals surface area contributed by atoms with Crippen molar-refractivity contribution >= 4 is 8.56 Å². The summed E-state index contributed by atoms with van der Waals surface area (Å²) in [7, 11) is 1.78. The van der Waals surface area contributed by atoms with Crippen molar-refractivity contribution in [3.8, 4) is 0 Å². The summed E-state index contributed by atoms with van der Waals surface area (Å²) in [6.45, 7) is 4.39. The van der Waals surface area contributed by atoms with Gasteiger partial charge in [0.05, 0.1) is 0 Å². The molecule has 0 amide bonds. The molecule has 0 aromatic rings. The Labute approximate surface area is 90.2 Å². The van der Waals surface area contributed by atoms with E-state index in [4.69, 9.17) is 8.85 Å². The van der Waals surface area contributed by atoms with Crippen LogP contribution in [-0.2, 0) is 8.85 Å². The maximum atomic E-state index is 5.43. The summed E-state index contributed by atoms with van der Waals surface area (Å²) in [5.74, 6) is 0. The van der Waals surface area contributed by atoms with Crippen LogP contribution in [-0.4, -0.2) is 22.8 Å². The molecule has 14 heavy (non-hydrogen) atoms. The topological polar surface area (TPSA) is 18.5 Å². The third-order valence-corrected chi connectivity index (χ3v) is 5.84. The molecule has 86 valence electrons. The van der Waals surface area contributed by atoms with E-state index in [1.165, 1.54) is 38.5 Å². The van der Waals surface area contributed by atoms with Crippen LogP contribution in [0.5, 0.6) is 0 Å². The van der Waals surface area contributed by atoms with Crippen LogP contribution in [0.1, 0.15) is 45.4 Å². The summed E-state index contributed by atoms with van der Waals surface area (Å²) >= 11 is 0. The summed E-state index contributed by atoms with van der Waals surface area (Å²) in [6.07, 6.45) is 8.04. The molecule has 0 aromatic carbocycles. The summed E-state index contributed by atoms with van der Waals surface area (Å²) in [4.78, 5) is 0. The second-order valence-electron chi connectivity index (χ2n) is 4.06. The molecule has 0 radical (unpaired) electrons. The lowest BCUT2D eigenvalue weighted by atomic mass is 10.1. The van der Waals surface area contributed by atoms with E-state index >= 15 is 0 Å². The van der Waals surface area contributed by atoms with Crippen LogP contribution in [0.25, 0.3) is 0 Å². The fraction of sp³-hybridized carbons (Fsp3) is 1.00. The molecule has 0 bridgehead atoms. The molecule has 0 spiro atoms. The van der Waals surface area contributed by atoms with Gasteiger partial charge in [-0.25, -0.2) is 0 Å². The van der Waals surface area contributed by atoms with E-state index in [2.05, 4.69) is 13.5 Å². The first-order valence-electron chi connectivity index (χ1n) is 5.79. The van der Waals surface area contributed by atoms with E-state index in [1.807, 2.05) is 0 Å². The Kier molecular flexibility index (Phi) is 8.53. The first-order chi connectivity index (χ1) is 6.68. The highest BCUT2D eigenvalue weighted by Gasteiger charge is 2.27. The molecule has 0 atom stereocenters. The van der Waals surface area contributed by atoms with Crippen molar-refractivity contribution in [3.63, 3.8) is 0 Å². The summed E-state index contributed by atoms with van der Waals surface area (Å²) < 4.78 is 10.9. The molecule has 0 unspecified atom stereocenters. The average Bonchev–Trinajstić information content (AvgIpc) is 2.23. The molecule has 0 aromatic heterocycles. The van der Waals surface area contributed by atoms with Crippen molar-refractivity contribution in [2.24, 2.45) is 0 Å².